The topological polar surface area (TPSA) is 73.1 Å². The van der Waals surface area contributed by atoms with E-state index < -0.39 is 0 Å². The van der Waals surface area contributed by atoms with E-state index in [0.29, 0.717) is 0 Å². The smallest absolute Gasteiger partial charge is 0.159 e. The first-order chi connectivity index (χ1) is 8.80. The number of aromatic nitrogens is 2. The third kappa shape index (κ3) is 2.62. The van der Waals surface area contributed by atoms with E-state index in [-0.39, 0.29) is 6.10 Å². The van der Waals surface area contributed by atoms with Crippen molar-refractivity contribution in [2.45, 2.75) is 51.6 Å². The van der Waals surface area contributed by atoms with E-state index in [1.54, 1.807) is 7.11 Å². The summed E-state index contributed by atoms with van der Waals surface area (Å²) < 4.78 is 5.47. The Balaban J connectivity index is 2.36. The van der Waals surface area contributed by atoms with Crippen LogP contribution < -0.4 is 11.3 Å². The van der Waals surface area contributed by atoms with Crippen LogP contribution in [0.1, 0.15) is 55.8 Å². The number of hydrazine groups is 1. The van der Waals surface area contributed by atoms with Gasteiger partial charge < -0.3 is 10.2 Å². The number of ether oxygens (including phenoxy) is 1. The zero-order valence-corrected chi connectivity index (χ0v) is 11.2. The lowest BCUT2D eigenvalue weighted by atomic mass is 9.96. The van der Waals surface area contributed by atoms with Gasteiger partial charge in [-0.15, -0.1) is 0 Å². The fourth-order valence-corrected chi connectivity index (χ4v) is 2.49. The maximum absolute atomic E-state index is 5.58. The SMILES string of the molecule is CCCC(OC)c1nc2c(c(NN)n1)CCCC2. The van der Waals surface area contributed by atoms with Crippen molar-refractivity contribution in [3.63, 3.8) is 0 Å². The van der Waals surface area contributed by atoms with Crippen molar-refractivity contribution in [3.8, 4) is 0 Å². The number of nitrogens with two attached hydrogens (primary N) is 1. The number of hydrogen-bond acceptors (Lipinski definition) is 5. The predicted molar refractivity (Wildman–Crippen MR) is 71.1 cm³/mol. The van der Waals surface area contributed by atoms with Crippen molar-refractivity contribution in [1.82, 2.24) is 9.97 Å². The maximum atomic E-state index is 5.58. The van der Waals surface area contributed by atoms with E-state index in [2.05, 4.69) is 22.3 Å². The third-order valence-electron chi connectivity index (χ3n) is 3.46. The number of methoxy groups -OCH3 is 1. The molecule has 1 unspecified atom stereocenters. The largest absolute Gasteiger partial charge is 0.373 e. The lowest BCUT2D eigenvalue weighted by molar-refractivity contribution is 0.0874. The van der Waals surface area contributed by atoms with Crippen molar-refractivity contribution >= 4 is 5.82 Å². The Bertz CT molecular complexity index is 391. The maximum Gasteiger partial charge on any atom is 0.159 e. The number of aryl methyl sites for hydroxylation is 1. The number of rotatable bonds is 5. The normalized spacial score (nSPS) is 16.2. The fourth-order valence-electron chi connectivity index (χ4n) is 2.49. The van der Waals surface area contributed by atoms with Gasteiger partial charge in [0.05, 0.1) is 0 Å². The molecule has 1 aromatic heterocycles. The molecule has 5 heteroatoms. The van der Waals surface area contributed by atoms with Crippen LogP contribution in [0.5, 0.6) is 0 Å². The van der Waals surface area contributed by atoms with Crippen molar-refractivity contribution in [3.05, 3.63) is 17.1 Å². The molecule has 0 spiro atoms. The molecule has 18 heavy (non-hydrogen) atoms. The number of nitrogens with zero attached hydrogens (tertiary/aromatic N) is 2. The minimum atomic E-state index is -0.0330. The van der Waals surface area contributed by atoms with Gasteiger partial charge in [0.2, 0.25) is 0 Å². The Labute approximate surface area is 108 Å². The molecular weight excluding hydrogens is 228 g/mol. The van der Waals surface area contributed by atoms with Crippen molar-refractivity contribution in [2.24, 2.45) is 5.84 Å². The molecule has 0 amide bonds. The lowest BCUT2D eigenvalue weighted by Gasteiger charge is -2.21. The Hall–Kier alpha value is -1.20. The number of nitrogens with one attached hydrogen (secondary N) is 1. The highest BCUT2D eigenvalue weighted by molar-refractivity contribution is 5.47. The molecule has 0 saturated heterocycles. The second-order valence-corrected chi connectivity index (χ2v) is 4.72. The summed E-state index contributed by atoms with van der Waals surface area (Å²) >= 11 is 0. The molecule has 0 fully saturated rings. The van der Waals surface area contributed by atoms with Crippen molar-refractivity contribution in [2.75, 3.05) is 12.5 Å². The van der Waals surface area contributed by atoms with Crippen LogP contribution in [-0.4, -0.2) is 17.1 Å². The second kappa shape index (κ2) is 6.11. The van der Waals surface area contributed by atoms with Crippen LogP contribution in [-0.2, 0) is 17.6 Å². The third-order valence-corrected chi connectivity index (χ3v) is 3.46. The van der Waals surface area contributed by atoms with Crippen LogP contribution in [0, 0.1) is 0 Å². The highest BCUT2D eigenvalue weighted by Gasteiger charge is 2.21. The van der Waals surface area contributed by atoms with Crippen LogP contribution in [0.2, 0.25) is 0 Å². The Kier molecular flexibility index (Phi) is 4.49. The van der Waals surface area contributed by atoms with Crippen molar-refractivity contribution in [1.29, 1.82) is 0 Å². The van der Waals surface area contributed by atoms with Gasteiger partial charge in [0.15, 0.2) is 5.82 Å². The number of fused-ring (bicyclic) bond motifs is 1. The average Bonchev–Trinajstić information content (AvgIpc) is 2.43. The van der Waals surface area contributed by atoms with E-state index in [0.717, 1.165) is 43.0 Å². The zero-order chi connectivity index (χ0) is 13.0. The molecule has 0 aliphatic heterocycles. The molecular formula is C13H22N4O. The molecule has 1 aliphatic rings. The highest BCUT2D eigenvalue weighted by atomic mass is 16.5. The first kappa shape index (κ1) is 13.2. The lowest BCUT2D eigenvalue weighted by Crippen LogP contribution is -2.19. The summed E-state index contributed by atoms with van der Waals surface area (Å²) in [5, 5.41) is 0. The molecule has 0 aromatic carbocycles. The molecule has 100 valence electrons. The average molecular weight is 250 g/mol. The molecule has 1 aromatic rings. The van der Waals surface area contributed by atoms with E-state index in [4.69, 9.17) is 10.6 Å². The Morgan fingerprint density at radius 1 is 1.33 bits per heavy atom. The number of nitrogen functional groups attached to an aromatic ring is 1. The summed E-state index contributed by atoms with van der Waals surface area (Å²) in [5.74, 6) is 7.11. The van der Waals surface area contributed by atoms with Crippen LogP contribution in [0.25, 0.3) is 0 Å². The first-order valence-corrected chi connectivity index (χ1v) is 6.69. The van der Waals surface area contributed by atoms with E-state index in [9.17, 15) is 0 Å². The van der Waals surface area contributed by atoms with Gasteiger partial charge in [-0.25, -0.2) is 15.8 Å². The molecule has 1 atom stereocenters. The molecule has 5 nitrogen and oxygen atoms in total. The zero-order valence-electron chi connectivity index (χ0n) is 11.2. The number of hydrogen-bond donors (Lipinski definition) is 2. The Morgan fingerprint density at radius 2 is 2.11 bits per heavy atom. The summed E-state index contributed by atoms with van der Waals surface area (Å²) in [4.78, 5) is 9.20. The van der Waals surface area contributed by atoms with Crippen LogP contribution >= 0.6 is 0 Å². The van der Waals surface area contributed by atoms with E-state index in [1.807, 2.05) is 0 Å². The molecule has 2 rings (SSSR count). The van der Waals surface area contributed by atoms with Gasteiger partial charge in [-0.3, -0.25) is 0 Å². The van der Waals surface area contributed by atoms with Gasteiger partial charge in [0.1, 0.15) is 11.9 Å². The number of anilines is 1. The minimum Gasteiger partial charge on any atom is -0.373 e. The standard InChI is InChI=1S/C13H22N4O/c1-3-6-11(18-2)13-15-10-8-5-4-7-9(10)12(16-13)17-14/h11H,3-8,14H2,1-2H3,(H,15,16,17). The summed E-state index contributed by atoms with van der Waals surface area (Å²) in [6, 6.07) is 0. The summed E-state index contributed by atoms with van der Waals surface area (Å²) in [6.45, 7) is 2.13. The quantitative estimate of drug-likeness (QED) is 0.618. The summed E-state index contributed by atoms with van der Waals surface area (Å²) in [7, 11) is 1.71. The van der Waals surface area contributed by atoms with Gasteiger partial charge >= 0.3 is 0 Å². The van der Waals surface area contributed by atoms with Crippen LogP contribution in [0.15, 0.2) is 0 Å². The second-order valence-electron chi connectivity index (χ2n) is 4.72. The van der Waals surface area contributed by atoms with Crippen LogP contribution in [0.3, 0.4) is 0 Å². The first-order valence-electron chi connectivity index (χ1n) is 6.69. The molecule has 3 N–H and O–H groups in total. The molecule has 0 radical (unpaired) electrons. The minimum absolute atomic E-state index is 0.0330. The predicted octanol–water partition coefficient (Wildman–Crippen LogP) is 2.13. The van der Waals surface area contributed by atoms with Gasteiger partial charge in [0, 0.05) is 18.4 Å². The summed E-state index contributed by atoms with van der Waals surface area (Å²) in [6.07, 6.45) is 6.35. The van der Waals surface area contributed by atoms with Crippen molar-refractivity contribution < 1.29 is 4.74 Å². The van der Waals surface area contributed by atoms with Gasteiger partial charge in [0.25, 0.3) is 0 Å². The molecule has 0 saturated carbocycles. The monoisotopic (exact) mass is 250 g/mol. The Morgan fingerprint density at radius 3 is 2.78 bits per heavy atom. The molecule has 1 aliphatic carbocycles. The van der Waals surface area contributed by atoms with Gasteiger partial charge in [-0.1, -0.05) is 13.3 Å². The molecule has 1 heterocycles. The highest BCUT2D eigenvalue weighted by Crippen LogP contribution is 2.28. The van der Waals surface area contributed by atoms with E-state index in [1.165, 1.54) is 18.4 Å². The van der Waals surface area contributed by atoms with E-state index >= 15 is 0 Å². The van der Waals surface area contributed by atoms with Crippen LogP contribution in [0.4, 0.5) is 5.82 Å². The van der Waals surface area contributed by atoms with Gasteiger partial charge in [-0.2, -0.15) is 0 Å². The molecule has 0 bridgehead atoms. The summed E-state index contributed by atoms with van der Waals surface area (Å²) in [5.41, 5.74) is 5.03. The van der Waals surface area contributed by atoms with Gasteiger partial charge in [-0.05, 0) is 32.1 Å². The fraction of sp³-hybridized carbons (Fsp3) is 0.692.